The molecule has 0 N–H and O–H groups in total. The highest BCUT2D eigenvalue weighted by atomic mass is 16.5. The Labute approximate surface area is 149 Å². The lowest BCUT2D eigenvalue weighted by Gasteiger charge is -2.23. The summed E-state index contributed by atoms with van der Waals surface area (Å²) in [6.45, 7) is 3.99. The number of hydrogen-bond donors (Lipinski definition) is 0. The molecule has 0 spiro atoms. The quantitative estimate of drug-likeness (QED) is 0.735. The Bertz CT molecular complexity index is 620. The molecule has 0 saturated carbocycles. The normalized spacial score (nSPS) is 16.6. The number of benzene rings is 2. The summed E-state index contributed by atoms with van der Waals surface area (Å²) in [5.41, 5.74) is 2.14. The maximum Gasteiger partial charge on any atom is 0.142 e. The van der Waals surface area contributed by atoms with E-state index in [9.17, 15) is 0 Å². The van der Waals surface area contributed by atoms with Crippen molar-refractivity contribution in [3.8, 4) is 11.5 Å². The zero-order valence-electron chi connectivity index (χ0n) is 15.0. The van der Waals surface area contributed by atoms with E-state index in [0.717, 1.165) is 36.0 Å². The first-order valence-electron chi connectivity index (χ1n) is 8.69. The van der Waals surface area contributed by atoms with Crippen LogP contribution in [0.5, 0.6) is 11.5 Å². The van der Waals surface area contributed by atoms with E-state index < -0.39 is 0 Å². The summed E-state index contributed by atoms with van der Waals surface area (Å²) in [6.07, 6.45) is 0. The van der Waals surface area contributed by atoms with Crippen LogP contribution < -0.4 is 19.3 Å². The molecule has 5 nitrogen and oxygen atoms in total. The summed E-state index contributed by atoms with van der Waals surface area (Å²) in [7, 11) is 4.12. The monoisotopic (exact) mass is 342 g/mol. The van der Waals surface area contributed by atoms with Crippen LogP contribution in [0, 0.1) is 0 Å². The van der Waals surface area contributed by atoms with Gasteiger partial charge in [0.05, 0.1) is 24.6 Å². The minimum atomic E-state index is 0.499. The van der Waals surface area contributed by atoms with Crippen molar-refractivity contribution in [3.63, 3.8) is 0 Å². The molecule has 25 heavy (non-hydrogen) atoms. The Balaban J connectivity index is 1.76. The van der Waals surface area contributed by atoms with E-state index in [-0.39, 0.29) is 0 Å². The molecule has 3 rings (SSSR count). The predicted molar refractivity (Wildman–Crippen MR) is 101 cm³/mol. The maximum absolute atomic E-state index is 5.95. The van der Waals surface area contributed by atoms with E-state index in [2.05, 4.69) is 36.0 Å². The molecule has 0 aliphatic carbocycles. The van der Waals surface area contributed by atoms with Crippen molar-refractivity contribution < 1.29 is 14.2 Å². The van der Waals surface area contributed by atoms with Gasteiger partial charge in [-0.25, -0.2) is 0 Å². The number of likely N-dealkylation sites (N-methyl/N-ethyl adjacent to an activating group) is 2. The molecule has 1 heterocycles. The molecule has 0 unspecified atom stereocenters. The lowest BCUT2D eigenvalue weighted by atomic mass is 10.2. The first-order valence-corrected chi connectivity index (χ1v) is 8.69. The highest BCUT2D eigenvalue weighted by Crippen LogP contribution is 2.28. The van der Waals surface area contributed by atoms with Gasteiger partial charge in [0.1, 0.15) is 24.7 Å². The Morgan fingerprint density at radius 1 is 0.640 bits per heavy atom. The van der Waals surface area contributed by atoms with Crippen LogP contribution in [0.1, 0.15) is 0 Å². The zero-order valence-corrected chi connectivity index (χ0v) is 15.0. The lowest BCUT2D eigenvalue weighted by molar-refractivity contribution is 0.147. The molecule has 1 aliphatic heterocycles. The lowest BCUT2D eigenvalue weighted by Crippen LogP contribution is -2.26. The zero-order chi connectivity index (χ0) is 17.5. The van der Waals surface area contributed by atoms with Crippen LogP contribution in [0.25, 0.3) is 0 Å². The summed E-state index contributed by atoms with van der Waals surface area (Å²) >= 11 is 0. The van der Waals surface area contributed by atoms with E-state index in [1.807, 2.05) is 36.4 Å². The van der Waals surface area contributed by atoms with Gasteiger partial charge in [-0.2, -0.15) is 0 Å². The van der Waals surface area contributed by atoms with E-state index in [1.54, 1.807) is 0 Å². The molecule has 1 aliphatic rings. The van der Waals surface area contributed by atoms with Gasteiger partial charge >= 0.3 is 0 Å². The Morgan fingerprint density at radius 2 is 1.08 bits per heavy atom. The molecule has 0 fully saturated rings. The van der Waals surface area contributed by atoms with E-state index in [0.29, 0.717) is 26.4 Å². The third-order valence-corrected chi connectivity index (χ3v) is 4.29. The summed E-state index contributed by atoms with van der Waals surface area (Å²) in [6, 6.07) is 16.1. The first kappa shape index (κ1) is 17.4. The number of para-hydroxylation sites is 4. The number of hydrogen-bond acceptors (Lipinski definition) is 5. The first-order chi connectivity index (χ1) is 12.3. The molecule has 0 saturated heterocycles. The summed E-state index contributed by atoms with van der Waals surface area (Å²) in [5, 5.41) is 0. The van der Waals surface area contributed by atoms with Crippen molar-refractivity contribution in [2.75, 3.05) is 63.4 Å². The molecule has 2 aromatic rings. The van der Waals surface area contributed by atoms with E-state index >= 15 is 0 Å². The average Bonchev–Trinajstić information content (AvgIpc) is 2.65. The van der Waals surface area contributed by atoms with Crippen LogP contribution in [0.15, 0.2) is 48.5 Å². The van der Waals surface area contributed by atoms with E-state index in [4.69, 9.17) is 14.2 Å². The van der Waals surface area contributed by atoms with Crippen molar-refractivity contribution in [2.24, 2.45) is 0 Å². The molecule has 5 heteroatoms. The van der Waals surface area contributed by atoms with Crippen LogP contribution in [-0.4, -0.2) is 53.6 Å². The predicted octanol–water partition coefficient (Wildman–Crippen LogP) is 3.05. The SMILES string of the molecule is CN1CCOCCN(C)c2ccccc2OCCOc2ccccc21. The van der Waals surface area contributed by atoms with Crippen LogP contribution in [-0.2, 0) is 4.74 Å². The summed E-state index contributed by atoms with van der Waals surface area (Å²) < 4.78 is 17.7. The Hall–Kier alpha value is -2.40. The summed E-state index contributed by atoms with van der Waals surface area (Å²) in [4.78, 5) is 4.32. The Morgan fingerprint density at radius 3 is 1.56 bits per heavy atom. The van der Waals surface area contributed by atoms with Crippen molar-refractivity contribution >= 4 is 11.4 Å². The van der Waals surface area contributed by atoms with Crippen molar-refractivity contribution in [1.29, 1.82) is 0 Å². The van der Waals surface area contributed by atoms with Gasteiger partial charge in [0, 0.05) is 27.2 Å². The Kier molecular flexibility index (Phi) is 6.01. The third-order valence-electron chi connectivity index (χ3n) is 4.29. The van der Waals surface area contributed by atoms with Crippen molar-refractivity contribution in [3.05, 3.63) is 48.5 Å². The molecular weight excluding hydrogens is 316 g/mol. The third kappa shape index (κ3) is 4.57. The standard InChI is InChI=1S/C20H26N2O3/c1-21-11-13-23-14-12-22(2)18-8-4-6-10-20(18)25-16-15-24-19-9-5-3-7-17(19)21/h3-10H,11-16H2,1-2H3. The number of anilines is 2. The van der Waals surface area contributed by atoms with Gasteiger partial charge < -0.3 is 24.0 Å². The topological polar surface area (TPSA) is 34.2 Å². The number of rotatable bonds is 0. The molecule has 2 aromatic carbocycles. The molecule has 0 atom stereocenters. The molecule has 0 radical (unpaired) electrons. The van der Waals surface area contributed by atoms with E-state index in [1.165, 1.54) is 0 Å². The maximum atomic E-state index is 5.95. The van der Waals surface area contributed by atoms with Gasteiger partial charge in [-0.15, -0.1) is 0 Å². The van der Waals surface area contributed by atoms with Crippen LogP contribution >= 0.6 is 0 Å². The fourth-order valence-corrected chi connectivity index (χ4v) is 2.84. The van der Waals surface area contributed by atoms with Gasteiger partial charge in [-0.3, -0.25) is 0 Å². The van der Waals surface area contributed by atoms with Gasteiger partial charge in [-0.05, 0) is 24.3 Å². The van der Waals surface area contributed by atoms with Gasteiger partial charge in [0.25, 0.3) is 0 Å². The van der Waals surface area contributed by atoms with Crippen LogP contribution in [0.4, 0.5) is 11.4 Å². The minimum absolute atomic E-state index is 0.499. The van der Waals surface area contributed by atoms with Gasteiger partial charge in [0.2, 0.25) is 0 Å². The van der Waals surface area contributed by atoms with Crippen LogP contribution in [0.3, 0.4) is 0 Å². The van der Waals surface area contributed by atoms with Gasteiger partial charge in [-0.1, -0.05) is 24.3 Å². The second-order valence-electron chi connectivity index (χ2n) is 6.09. The average molecular weight is 342 g/mol. The van der Waals surface area contributed by atoms with Crippen LogP contribution in [0.2, 0.25) is 0 Å². The highest BCUT2D eigenvalue weighted by Gasteiger charge is 2.11. The largest absolute Gasteiger partial charge is 0.488 e. The number of fused-ring (bicyclic) bond motifs is 2. The number of nitrogens with zero attached hydrogens (tertiary/aromatic N) is 2. The molecule has 0 amide bonds. The fourth-order valence-electron chi connectivity index (χ4n) is 2.84. The molecule has 134 valence electrons. The molecule has 0 bridgehead atoms. The van der Waals surface area contributed by atoms with Gasteiger partial charge in [0.15, 0.2) is 0 Å². The highest BCUT2D eigenvalue weighted by molar-refractivity contribution is 5.58. The molecule has 0 aromatic heterocycles. The molecular formula is C20H26N2O3. The second kappa shape index (κ2) is 8.62. The number of ether oxygens (including phenoxy) is 3. The smallest absolute Gasteiger partial charge is 0.142 e. The van der Waals surface area contributed by atoms with Crippen molar-refractivity contribution in [1.82, 2.24) is 0 Å². The second-order valence-corrected chi connectivity index (χ2v) is 6.09. The summed E-state index contributed by atoms with van der Waals surface area (Å²) in [5.74, 6) is 1.74. The van der Waals surface area contributed by atoms with Crippen molar-refractivity contribution in [2.45, 2.75) is 0 Å². The minimum Gasteiger partial charge on any atom is -0.488 e. The fraction of sp³-hybridized carbons (Fsp3) is 0.400.